The highest BCUT2D eigenvalue weighted by atomic mass is 31.2. The number of hydrogen-bond donors (Lipinski definition) is 4. The number of ether oxygens (including phenoxy) is 2. The van der Waals surface area contributed by atoms with Gasteiger partial charge in [-0.2, -0.15) is 0 Å². The molecule has 0 bridgehead atoms. The molecule has 11 heteroatoms. The second-order valence-corrected chi connectivity index (χ2v) is 14.3. The fraction of sp³-hybridized carbons (Fsp3) is 0.946. The Hall–Kier alpha value is -1.03. The molecule has 0 aliphatic heterocycles. The average molecular weight is 710 g/mol. The van der Waals surface area contributed by atoms with Crippen LogP contribution in [0.15, 0.2) is 0 Å². The molecule has 0 heterocycles. The highest BCUT2D eigenvalue weighted by molar-refractivity contribution is 7.46. The van der Waals surface area contributed by atoms with E-state index in [0.717, 1.165) is 32.1 Å². The number of unbranched alkanes of at least 4 members (excludes halogenated alkanes) is 24. The second kappa shape index (κ2) is 38.8. The number of rotatable bonds is 35. The van der Waals surface area contributed by atoms with E-state index in [9.17, 15) is 14.2 Å². The molecule has 0 radical (unpaired) electrons. The van der Waals surface area contributed by atoms with Gasteiger partial charge in [-0.25, -0.2) is 4.57 Å². The van der Waals surface area contributed by atoms with Crippen molar-refractivity contribution in [3.63, 3.8) is 0 Å². The van der Waals surface area contributed by atoms with Crippen LogP contribution in [0.25, 0.3) is 0 Å². The third kappa shape index (κ3) is 43.0. The van der Waals surface area contributed by atoms with E-state index < -0.39 is 32.5 Å². The van der Waals surface area contributed by atoms with E-state index in [4.69, 9.17) is 30.1 Å². The number of hydrogen-bond acceptors (Lipinski definition) is 8. The van der Waals surface area contributed by atoms with Crippen LogP contribution in [0.5, 0.6) is 0 Å². The number of carbonyl (C=O) groups excluding carboxylic acids is 2. The van der Waals surface area contributed by atoms with Gasteiger partial charge < -0.3 is 30.1 Å². The fourth-order valence-electron chi connectivity index (χ4n) is 5.37. The summed E-state index contributed by atoms with van der Waals surface area (Å²) in [6, 6.07) is 0. The van der Waals surface area contributed by atoms with Crippen molar-refractivity contribution >= 4 is 19.8 Å². The Bertz CT molecular complexity index is 734. The van der Waals surface area contributed by atoms with Gasteiger partial charge in [0.25, 0.3) is 0 Å². The molecule has 0 aromatic heterocycles. The summed E-state index contributed by atoms with van der Waals surface area (Å²) in [6.45, 7) is 4.15. The average Bonchev–Trinajstić information content (AvgIpc) is 3.06. The van der Waals surface area contributed by atoms with Crippen LogP contribution in [0.3, 0.4) is 0 Å². The third-order valence-electron chi connectivity index (χ3n) is 8.25. The normalized spacial score (nSPS) is 12.0. The predicted molar refractivity (Wildman–Crippen MR) is 196 cm³/mol. The number of nitrogens with two attached hydrogens (primary N) is 1. The molecule has 48 heavy (non-hydrogen) atoms. The van der Waals surface area contributed by atoms with E-state index in [1.54, 1.807) is 0 Å². The highest BCUT2D eigenvalue weighted by Crippen LogP contribution is 2.36. The van der Waals surface area contributed by atoms with Gasteiger partial charge in [0, 0.05) is 19.4 Å². The second-order valence-electron chi connectivity index (χ2n) is 13.1. The first-order chi connectivity index (χ1) is 23.2. The molecular formula is C37H76NO9P. The molecule has 0 amide bonds. The lowest BCUT2D eigenvalue weighted by Gasteiger charge is -2.18. The van der Waals surface area contributed by atoms with Crippen molar-refractivity contribution in [3.05, 3.63) is 0 Å². The van der Waals surface area contributed by atoms with Gasteiger partial charge in [-0.3, -0.25) is 14.1 Å². The van der Waals surface area contributed by atoms with Crippen molar-refractivity contribution in [3.8, 4) is 0 Å². The van der Waals surface area contributed by atoms with Crippen molar-refractivity contribution in [2.75, 3.05) is 26.4 Å². The number of carbonyl (C=O) groups is 2. The molecule has 0 aliphatic rings. The quantitative estimate of drug-likeness (QED) is 0.0283. The van der Waals surface area contributed by atoms with Crippen molar-refractivity contribution in [1.29, 1.82) is 0 Å². The van der Waals surface area contributed by atoms with Gasteiger partial charge in [0.05, 0.1) is 13.2 Å². The number of aliphatic hydroxyl groups is 1. The van der Waals surface area contributed by atoms with E-state index in [0.29, 0.717) is 13.0 Å². The first-order valence-corrected chi connectivity index (χ1v) is 21.1. The maximum atomic E-state index is 12.3. The van der Waals surface area contributed by atoms with Gasteiger partial charge >= 0.3 is 19.8 Å². The van der Waals surface area contributed by atoms with Gasteiger partial charge in [0.15, 0.2) is 6.10 Å². The van der Waals surface area contributed by atoms with E-state index in [1.807, 2.05) is 0 Å². The summed E-state index contributed by atoms with van der Waals surface area (Å²) in [5.41, 5.74) is 4.78. The Labute approximate surface area is 294 Å². The molecule has 5 N–H and O–H groups in total. The van der Waals surface area contributed by atoms with Gasteiger partial charge in [-0.15, -0.1) is 0 Å². The lowest BCUT2D eigenvalue weighted by Crippen LogP contribution is -2.29. The van der Waals surface area contributed by atoms with Crippen LogP contribution in [-0.2, 0) is 28.2 Å². The third-order valence-corrected chi connectivity index (χ3v) is 8.74. The number of phosphoric ester groups is 1. The van der Waals surface area contributed by atoms with Crippen LogP contribution in [0.4, 0.5) is 0 Å². The van der Waals surface area contributed by atoms with Crippen LogP contribution in [0.2, 0.25) is 0 Å². The zero-order valence-corrected chi connectivity index (χ0v) is 31.9. The molecule has 0 saturated carbocycles. The summed E-state index contributed by atoms with van der Waals surface area (Å²) in [7, 11) is -4.74. The molecule has 0 fully saturated rings. The molecule has 0 rings (SSSR count). The van der Waals surface area contributed by atoms with Crippen molar-refractivity contribution in [1.82, 2.24) is 0 Å². The van der Waals surface area contributed by atoms with Crippen molar-refractivity contribution in [2.24, 2.45) is 5.73 Å². The minimum Gasteiger partial charge on any atom is -0.462 e. The Balaban J connectivity index is 0. The zero-order valence-electron chi connectivity index (χ0n) is 31.0. The van der Waals surface area contributed by atoms with Crippen LogP contribution in [0, 0.1) is 0 Å². The number of phosphoric acid groups is 1. The first-order valence-electron chi connectivity index (χ1n) is 19.6. The molecule has 0 aliphatic carbocycles. The largest absolute Gasteiger partial charge is 0.469 e. The van der Waals surface area contributed by atoms with E-state index >= 15 is 0 Å². The topological polar surface area (TPSA) is 166 Å². The van der Waals surface area contributed by atoms with Crippen LogP contribution in [0.1, 0.15) is 194 Å². The summed E-state index contributed by atoms with van der Waals surface area (Å²) < 4.78 is 26.3. The maximum absolute atomic E-state index is 12.3. The zero-order chi connectivity index (χ0) is 36.0. The Morgan fingerprint density at radius 3 is 1.19 bits per heavy atom. The Morgan fingerprint density at radius 1 is 0.562 bits per heavy atom. The minimum atomic E-state index is -4.74. The maximum Gasteiger partial charge on any atom is 0.469 e. The molecule has 0 saturated heterocycles. The number of esters is 2. The predicted octanol–water partition coefficient (Wildman–Crippen LogP) is 9.45. The molecular weight excluding hydrogens is 633 g/mol. The van der Waals surface area contributed by atoms with Crippen LogP contribution in [-0.4, -0.2) is 59.3 Å². The summed E-state index contributed by atoms with van der Waals surface area (Å²) in [4.78, 5) is 42.6. The molecule has 0 aromatic carbocycles. The molecule has 1 unspecified atom stereocenters. The molecule has 0 spiro atoms. The highest BCUT2D eigenvalue weighted by Gasteiger charge is 2.22. The lowest BCUT2D eigenvalue weighted by molar-refractivity contribution is -0.161. The lowest BCUT2D eigenvalue weighted by atomic mass is 10.0. The summed E-state index contributed by atoms with van der Waals surface area (Å²) >= 11 is 0. The Morgan fingerprint density at radius 2 is 0.875 bits per heavy atom. The summed E-state index contributed by atoms with van der Waals surface area (Å²) in [6.07, 6.45) is 31.0. The SMILES string of the molecule is CCCCCCCCCCCCCCCC(=O)OCC(COP(=O)(O)O)OC(=O)CCCCCCCCCCCCCCC.NCCO. The van der Waals surface area contributed by atoms with Crippen LogP contribution < -0.4 is 5.73 Å². The first kappa shape index (κ1) is 49.1. The summed E-state index contributed by atoms with van der Waals surface area (Å²) in [5.74, 6) is -0.873. The molecule has 288 valence electrons. The van der Waals surface area contributed by atoms with Crippen LogP contribution >= 0.6 is 7.82 Å². The van der Waals surface area contributed by atoms with E-state index in [2.05, 4.69) is 18.4 Å². The molecule has 1 atom stereocenters. The van der Waals surface area contributed by atoms with Crippen molar-refractivity contribution < 1.29 is 43.0 Å². The van der Waals surface area contributed by atoms with Gasteiger partial charge in [-0.05, 0) is 12.8 Å². The minimum absolute atomic E-state index is 0.0972. The molecule has 0 aromatic rings. The smallest absolute Gasteiger partial charge is 0.462 e. The van der Waals surface area contributed by atoms with Crippen molar-refractivity contribution in [2.45, 2.75) is 200 Å². The Kier molecular flexibility index (Phi) is 39.6. The van der Waals surface area contributed by atoms with Gasteiger partial charge in [0.2, 0.25) is 0 Å². The van der Waals surface area contributed by atoms with E-state index in [-0.39, 0.29) is 26.1 Å². The fourth-order valence-corrected chi connectivity index (χ4v) is 5.73. The monoisotopic (exact) mass is 710 g/mol. The number of aliphatic hydroxyl groups excluding tert-OH is 1. The standard InChI is InChI=1S/C35H69O8P.C2H7NO/c1-3-5-7-9-11-13-15-17-19-21-23-25-27-29-34(36)41-31-33(32-42-44(38,39)40)43-35(37)30-28-26-24-22-20-18-16-14-12-10-8-6-4-2;3-1-2-4/h33H,3-32H2,1-2H3,(H2,38,39,40);4H,1-3H2. The van der Waals surface area contributed by atoms with Gasteiger partial charge in [0.1, 0.15) is 6.61 Å². The van der Waals surface area contributed by atoms with Gasteiger partial charge in [-0.1, -0.05) is 168 Å². The van der Waals surface area contributed by atoms with E-state index in [1.165, 1.54) is 128 Å². The molecule has 10 nitrogen and oxygen atoms in total. The summed E-state index contributed by atoms with van der Waals surface area (Å²) in [5, 5.41) is 7.75.